The van der Waals surface area contributed by atoms with E-state index in [-0.39, 0.29) is 22.4 Å². The molecule has 0 heterocycles. The topological polar surface area (TPSA) is 0 Å². The molecule has 0 spiro atoms. The third kappa shape index (κ3) is 14.1. The number of hydrogen-bond acceptors (Lipinski definition) is 0. The molecular formula is C9H19F5Si2. The zero-order valence-corrected chi connectivity index (χ0v) is 11.7. The van der Waals surface area contributed by atoms with Crippen molar-refractivity contribution in [1.82, 2.24) is 0 Å². The number of halogens is 5. The summed E-state index contributed by atoms with van der Waals surface area (Å²) in [6.45, 7) is 0. The van der Waals surface area contributed by atoms with Crippen molar-refractivity contribution >= 4 is 18.6 Å². The van der Waals surface area contributed by atoms with E-state index in [1.807, 2.05) is 0 Å². The van der Waals surface area contributed by atoms with Gasteiger partial charge in [0.2, 0.25) is 6.43 Å². The second-order valence-corrected chi connectivity index (χ2v) is 7.87. The number of alkyl halides is 2. The van der Waals surface area contributed by atoms with Gasteiger partial charge in [0.15, 0.2) is 0 Å². The molecule has 0 atom stereocenters. The van der Waals surface area contributed by atoms with Crippen molar-refractivity contribution in [2.24, 2.45) is 0 Å². The van der Waals surface area contributed by atoms with E-state index in [0.29, 0.717) is 12.8 Å². The average Bonchev–Trinajstić information content (AvgIpc) is 2.13. The Kier molecular flexibility index (Phi) is 9.20. The van der Waals surface area contributed by atoms with E-state index in [4.69, 9.17) is 0 Å². The molecule has 0 radical (unpaired) electrons. The molecule has 0 amide bonds. The third-order valence-corrected chi connectivity index (χ3v) is 5.30. The highest BCUT2D eigenvalue weighted by Crippen LogP contribution is 2.19. The van der Waals surface area contributed by atoms with Crippen LogP contribution in [0.15, 0.2) is 0 Å². The van der Waals surface area contributed by atoms with E-state index >= 15 is 0 Å². The van der Waals surface area contributed by atoms with Crippen molar-refractivity contribution in [3.05, 3.63) is 0 Å². The standard InChI is InChI=1S/C9H19F5Si2/c10-9(11)5-1-2-6-15-7-3-4-8-16(12,13)14/h9H,1-8,15H2. The summed E-state index contributed by atoms with van der Waals surface area (Å²) in [5.74, 6) is 0. The molecule has 16 heavy (non-hydrogen) atoms. The molecule has 0 unspecified atom stereocenters. The van der Waals surface area contributed by atoms with Crippen LogP contribution in [0, 0.1) is 0 Å². The van der Waals surface area contributed by atoms with Crippen LogP contribution in [0.2, 0.25) is 18.1 Å². The molecule has 0 aliphatic carbocycles. The number of hydrogen-bond donors (Lipinski definition) is 0. The highest BCUT2D eigenvalue weighted by atomic mass is 28.5. The summed E-state index contributed by atoms with van der Waals surface area (Å²) in [4.78, 5) is 0. The van der Waals surface area contributed by atoms with Gasteiger partial charge in [-0.25, -0.2) is 21.1 Å². The molecule has 0 aliphatic heterocycles. The fraction of sp³-hybridized carbons (Fsp3) is 1.00. The molecule has 0 nitrogen and oxygen atoms in total. The maximum absolute atomic E-state index is 11.9. The van der Waals surface area contributed by atoms with Gasteiger partial charge in [0.25, 0.3) is 0 Å². The summed E-state index contributed by atoms with van der Waals surface area (Å²) in [5, 5.41) is 0. The van der Waals surface area contributed by atoms with Gasteiger partial charge in [0.05, 0.1) is 0 Å². The summed E-state index contributed by atoms with van der Waals surface area (Å²) < 4.78 is 59.1. The Bertz CT molecular complexity index is 160. The van der Waals surface area contributed by atoms with Crippen LogP contribution >= 0.6 is 0 Å². The Hall–Kier alpha value is 0.0838. The van der Waals surface area contributed by atoms with Gasteiger partial charge in [-0.3, -0.25) is 0 Å². The molecular weight excluding hydrogens is 259 g/mol. The van der Waals surface area contributed by atoms with E-state index < -0.39 is 21.5 Å². The maximum Gasteiger partial charge on any atom is 0.616 e. The van der Waals surface area contributed by atoms with Crippen LogP contribution in [-0.2, 0) is 0 Å². The minimum absolute atomic E-state index is 0.0337. The quantitative estimate of drug-likeness (QED) is 0.245. The van der Waals surface area contributed by atoms with Gasteiger partial charge in [-0.05, 0) is 12.8 Å². The lowest BCUT2D eigenvalue weighted by Gasteiger charge is -2.02. The van der Waals surface area contributed by atoms with E-state index in [1.54, 1.807) is 0 Å². The van der Waals surface area contributed by atoms with Crippen LogP contribution in [0.1, 0.15) is 32.1 Å². The van der Waals surface area contributed by atoms with Crippen LogP contribution in [0.5, 0.6) is 0 Å². The first-order chi connectivity index (χ1) is 7.42. The highest BCUT2D eigenvalue weighted by molar-refractivity contribution is 6.58. The van der Waals surface area contributed by atoms with Gasteiger partial charge < -0.3 is 0 Å². The fourth-order valence-corrected chi connectivity index (χ4v) is 3.93. The van der Waals surface area contributed by atoms with Crippen molar-refractivity contribution in [2.75, 3.05) is 0 Å². The van der Waals surface area contributed by atoms with Gasteiger partial charge in [0, 0.05) is 22.0 Å². The normalized spacial score (nSPS) is 13.1. The highest BCUT2D eigenvalue weighted by Gasteiger charge is 2.35. The molecule has 0 fully saturated rings. The Labute approximate surface area is 97.0 Å². The Morgan fingerprint density at radius 3 is 1.94 bits per heavy atom. The SMILES string of the molecule is FC(F)CCCC[SiH2]CCCC[Si](F)(F)F. The van der Waals surface area contributed by atoms with Crippen LogP contribution in [0.3, 0.4) is 0 Å². The fourth-order valence-electron chi connectivity index (χ4n) is 1.51. The van der Waals surface area contributed by atoms with Crippen molar-refractivity contribution in [1.29, 1.82) is 0 Å². The van der Waals surface area contributed by atoms with Crippen molar-refractivity contribution in [3.8, 4) is 0 Å². The van der Waals surface area contributed by atoms with E-state index in [9.17, 15) is 21.1 Å². The molecule has 0 aromatic heterocycles. The average molecular weight is 278 g/mol. The zero-order chi connectivity index (χ0) is 12.4. The van der Waals surface area contributed by atoms with Crippen LogP contribution in [0.4, 0.5) is 21.1 Å². The minimum Gasteiger partial charge on any atom is -0.238 e. The molecule has 0 bridgehead atoms. The lowest BCUT2D eigenvalue weighted by Crippen LogP contribution is -2.13. The minimum atomic E-state index is -5.32. The number of rotatable bonds is 10. The van der Waals surface area contributed by atoms with E-state index in [1.165, 1.54) is 0 Å². The summed E-state index contributed by atoms with van der Waals surface area (Å²) in [7, 11) is -5.61. The Balaban J connectivity index is 3.05. The van der Waals surface area contributed by atoms with Crippen molar-refractivity contribution in [2.45, 2.75) is 56.7 Å². The lowest BCUT2D eigenvalue weighted by molar-refractivity contribution is 0.134. The predicted octanol–water partition coefficient (Wildman–Crippen LogP) is 4.05. The maximum atomic E-state index is 11.9. The van der Waals surface area contributed by atoms with Crippen LogP contribution in [-0.4, -0.2) is 25.0 Å². The largest absolute Gasteiger partial charge is 0.616 e. The summed E-state index contributed by atoms with van der Waals surface area (Å²) in [6, 6.07) is 1.38. The molecule has 0 rings (SSSR count). The second-order valence-electron chi connectivity index (χ2n) is 4.02. The number of unbranched alkanes of at least 4 members (excludes halogenated alkanes) is 2. The van der Waals surface area contributed by atoms with Crippen molar-refractivity contribution in [3.63, 3.8) is 0 Å². The van der Waals surface area contributed by atoms with Gasteiger partial charge in [-0.2, -0.15) is 0 Å². The molecule has 98 valence electrons. The van der Waals surface area contributed by atoms with Crippen molar-refractivity contribution < 1.29 is 21.1 Å². The lowest BCUT2D eigenvalue weighted by atomic mass is 10.3. The predicted molar refractivity (Wildman–Crippen MR) is 61.1 cm³/mol. The Morgan fingerprint density at radius 2 is 1.44 bits per heavy atom. The second kappa shape index (κ2) is 9.15. The third-order valence-electron chi connectivity index (χ3n) is 2.38. The summed E-state index contributed by atoms with van der Waals surface area (Å²) >= 11 is 0. The van der Waals surface area contributed by atoms with Gasteiger partial charge in [-0.15, -0.1) is 0 Å². The first-order valence-corrected chi connectivity index (χ1v) is 9.61. The molecule has 0 aromatic carbocycles. The van der Waals surface area contributed by atoms with Gasteiger partial charge in [-0.1, -0.05) is 24.9 Å². The summed E-state index contributed by atoms with van der Waals surface area (Å²) in [6.07, 6.45) is 0.0879. The molecule has 0 saturated heterocycles. The smallest absolute Gasteiger partial charge is 0.238 e. The first kappa shape index (κ1) is 16.1. The van der Waals surface area contributed by atoms with E-state index in [0.717, 1.165) is 18.5 Å². The molecule has 0 aromatic rings. The monoisotopic (exact) mass is 278 g/mol. The van der Waals surface area contributed by atoms with Crippen LogP contribution in [0.25, 0.3) is 0 Å². The first-order valence-electron chi connectivity index (χ1n) is 5.77. The molecule has 0 aliphatic rings. The van der Waals surface area contributed by atoms with Crippen LogP contribution < -0.4 is 0 Å². The molecule has 0 saturated carbocycles. The molecule has 7 heteroatoms. The summed E-state index contributed by atoms with van der Waals surface area (Å²) in [5.41, 5.74) is 0. The van der Waals surface area contributed by atoms with Gasteiger partial charge in [0.1, 0.15) is 0 Å². The van der Waals surface area contributed by atoms with E-state index in [2.05, 4.69) is 0 Å². The zero-order valence-electron chi connectivity index (χ0n) is 9.33. The molecule has 0 N–H and O–H groups in total. The Morgan fingerprint density at radius 1 is 0.875 bits per heavy atom. The van der Waals surface area contributed by atoms with Gasteiger partial charge >= 0.3 is 9.08 Å².